The Hall–Kier alpha value is -1.13. The van der Waals surface area contributed by atoms with Crippen LogP contribution < -0.4 is 10.2 Å². The average Bonchev–Trinajstić information content (AvgIpc) is 3.01. The SMILES string of the molecule is ONCc1cccc(F)c1OCC1CC1. The van der Waals surface area contributed by atoms with E-state index in [9.17, 15) is 4.39 Å². The summed E-state index contributed by atoms with van der Waals surface area (Å²) in [5.74, 6) is 0.467. The van der Waals surface area contributed by atoms with Crippen molar-refractivity contribution in [3.63, 3.8) is 0 Å². The lowest BCUT2D eigenvalue weighted by Gasteiger charge is -2.11. The van der Waals surface area contributed by atoms with Crippen LogP contribution in [0.25, 0.3) is 0 Å². The van der Waals surface area contributed by atoms with Crippen LogP contribution >= 0.6 is 0 Å². The molecule has 1 aromatic carbocycles. The summed E-state index contributed by atoms with van der Waals surface area (Å²) < 4.78 is 18.8. The lowest BCUT2D eigenvalue weighted by atomic mass is 10.2. The maximum Gasteiger partial charge on any atom is 0.165 e. The van der Waals surface area contributed by atoms with Gasteiger partial charge in [0.05, 0.1) is 6.61 Å². The third kappa shape index (κ3) is 2.67. The highest BCUT2D eigenvalue weighted by Crippen LogP contribution is 2.31. The minimum absolute atomic E-state index is 0.192. The minimum Gasteiger partial charge on any atom is -0.490 e. The second-order valence-corrected chi connectivity index (χ2v) is 3.82. The summed E-state index contributed by atoms with van der Waals surface area (Å²) in [6.45, 7) is 0.761. The lowest BCUT2D eigenvalue weighted by Crippen LogP contribution is -2.10. The van der Waals surface area contributed by atoms with Gasteiger partial charge < -0.3 is 9.94 Å². The number of ether oxygens (including phenoxy) is 1. The molecule has 82 valence electrons. The predicted octanol–water partition coefficient (Wildman–Crippen LogP) is 2.09. The monoisotopic (exact) mass is 211 g/mol. The van der Waals surface area contributed by atoms with Crippen LogP contribution in [0.1, 0.15) is 18.4 Å². The Morgan fingerprint density at radius 2 is 2.27 bits per heavy atom. The highest BCUT2D eigenvalue weighted by Gasteiger charge is 2.23. The average molecular weight is 211 g/mol. The first kappa shape index (κ1) is 10.4. The van der Waals surface area contributed by atoms with E-state index in [1.165, 1.54) is 18.9 Å². The summed E-state index contributed by atoms with van der Waals surface area (Å²) in [7, 11) is 0. The molecule has 0 spiro atoms. The van der Waals surface area contributed by atoms with Crippen molar-refractivity contribution in [2.24, 2.45) is 5.92 Å². The third-order valence-electron chi connectivity index (χ3n) is 2.48. The Kier molecular flexibility index (Phi) is 3.18. The van der Waals surface area contributed by atoms with Crippen molar-refractivity contribution < 1.29 is 14.3 Å². The van der Waals surface area contributed by atoms with E-state index < -0.39 is 0 Å². The molecule has 0 amide bonds. The molecule has 1 fully saturated rings. The molecule has 0 radical (unpaired) electrons. The van der Waals surface area contributed by atoms with Gasteiger partial charge in [-0.25, -0.2) is 9.87 Å². The topological polar surface area (TPSA) is 41.5 Å². The zero-order valence-corrected chi connectivity index (χ0v) is 8.37. The molecule has 0 aliphatic heterocycles. The summed E-state index contributed by atoms with van der Waals surface area (Å²) in [5.41, 5.74) is 2.65. The van der Waals surface area contributed by atoms with Crippen LogP contribution in [0.3, 0.4) is 0 Å². The number of para-hydroxylation sites is 1. The minimum atomic E-state index is -0.372. The molecular formula is C11H14FNO2. The molecule has 0 atom stereocenters. The summed E-state index contributed by atoms with van der Waals surface area (Å²) in [6.07, 6.45) is 2.34. The van der Waals surface area contributed by atoms with Gasteiger partial charge in [-0.1, -0.05) is 12.1 Å². The molecule has 0 bridgehead atoms. The normalized spacial score (nSPS) is 15.3. The zero-order valence-electron chi connectivity index (χ0n) is 8.37. The Morgan fingerprint density at radius 3 is 2.93 bits per heavy atom. The van der Waals surface area contributed by atoms with Crippen molar-refractivity contribution in [3.05, 3.63) is 29.6 Å². The van der Waals surface area contributed by atoms with Crippen LogP contribution in [0.2, 0.25) is 0 Å². The first-order valence-corrected chi connectivity index (χ1v) is 5.08. The first-order valence-electron chi connectivity index (χ1n) is 5.08. The van der Waals surface area contributed by atoms with Crippen LogP contribution in [0.15, 0.2) is 18.2 Å². The van der Waals surface area contributed by atoms with Crippen molar-refractivity contribution in [2.75, 3.05) is 6.61 Å². The van der Waals surface area contributed by atoms with Gasteiger partial charge in [-0.2, -0.15) is 0 Å². The third-order valence-corrected chi connectivity index (χ3v) is 2.48. The van der Waals surface area contributed by atoms with E-state index in [0.717, 1.165) is 0 Å². The molecule has 1 saturated carbocycles. The molecule has 3 nitrogen and oxygen atoms in total. The summed E-state index contributed by atoms with van der Waals surface area (Å²) in [4.78, 5) is 0. The summed E-state index contributed by atoms with van der Waals surface area (Å²) in [6, 6.07) is 4.70. The Morgan fingerprint density at radius 1 is 1.47 bits per heavy atom. The smallest absolute Gasteiger partial charge is 0.165 e. The van der Waals surface area contributed by atoms with Crippen LogP contribution in [0.4, 0.5) is 4.39 Å². The fourth-order valence-electron chi connectivity index (χ4n) is 1.43. The van der Waals surface area contributed by atoms with Crippen molar-refractivity contribution in [3.8, 4) is 5.75 Å². The molecule has 2 rings (SSSR count). The number of benzene rings is 1. The van der Waals surface area contributed by atoms with Crippen LogP contribution in [-0.2, 0) is 6.54 Å². The van der Waals surface area contributed by atoms with Crippen molar-refractivity contribution in [1.82, 2.24) is 5.48 Å². The van der Waals surface area contributed by atoms with Gasteiger partial charge in [0, 0.05) is 12.1 Å². The van der Waals surface area contributed by atoms with Crippen molar-refractivity contribution in [2.45, 2.75) is 19.4 Å². The van der Waals surface area contributed by atoms with Gasteiger partial charge in [0.2, 0.25) is 0 Å². The van der Waals surface area contributed by atoms with Crippen LogP contribution in [-0.4, -0.2) is 11.8 Å². The summed E-state index contributed by atoms with van der Waals surface area (Å²) in [5, 5.41) is 8.60. The number of halogens is 1. The van der Waals surface area contributed by atoms with E-state index in [0.29, 0.717) is 18.1 Å². The van der Waals surface area contributed by atoms with Gasteiger partial charge in [0.1, 0.15) is 0 Å². The number of hydrogen-bond donors (Lipinski definition) is 2. The Labute approximate surface area is 87.8 Å². The quantitative estimate of drug-likeness (QED) is 0.733. The number of hydrogen-bond acceptors (Lipinski definition) is 3. The van der Waals surface area contributed by atoms with Crippen molar-refractivity contribution in [1.29, 1.82) is 0 Å². The molecule has 0 unspecified atom stereocenters. The Balaban J connectivity index is 2.09. The van der Waals surface area contributed by atoms with E-state index in [-0.39, 0.29) is 18.1 Å². The zero-order chi connectivity index (χ0) is 10.7. The first-order chi connectivity index (χ1) is 7.31. The molecule has 1 aliphatic rings. The van der Waals surface area contributed by atoms with Crippen LogP contribution in [0, 0.1) is 11.7 Å². The van der Waals surface area contributed by atoms with Gasteiger partial charge >= 0.3 is 0 Å². The molecule has 4 heteroatoms. The molecule has 0 saturated heterocycles. The molecule has 1 aromatic rings. The van der Waals surface area contributed by atoms with E-state index in [1.807, 2.05) is 5.48 Å². The standard InChI is InChI=1S/C11H14FNO2/c12-10-3-1-2-9(6-13-14)11(10)15-7-8-4-5-8/h1-3,8,13-14H,4-7H2. The molecule has 0 aromatic heterocycles. The molecule has 1 aliphatic carbocycles. The Bertz CT molecular complexity index is 339. The predicted molar refractivity (Wildman–Crippen MR) is 53.2 cm³/mol. The lowest BCUT2D eigenvalue weighted by molar-refractivity contribution is 0.159. The summed E-state index contributed by atoms with van der Waals surface area (Å²) >= 11 is 0. The maximum absolute atomic E-state index is 13.4. The van der Waals surface area contributed by atoms with E-state index in [2.05, 4.69) is 0 Å². The van der Waals surface area contributed by atoms with Gasteiger partial charge in [0.15, 0.2) is 11.6 Å². The van der Waals surface area contributed by atoms with E-state index in [1.54, 1.807) is 12.1 Å². The highest BCUT2D eigenvalue weighted by molar-refractivity contribution is 5.34. The fraction of sp³-hybridized carbons (Fsp3) is 0.455. The number of hydroxylamine groups is 1. The van der Waals surface area contributed by atoms with Gasteiger partial charge in [-0.05, 0) is 24.8 Å². The second kappa shape index (κ2) is 4.59. The molecule has 0 heterocycles. The van der Waals surface area contributed by atoms with Crippen molar-refractivity contribution >= 4 is 0 Å². The van der Waals surface area contributed by atoms with Gasteiger partial charge in [-0.3, -0.25) is 0 Å². The number of nitrogens with one attached hydrogen (secondary N) is 1. The van der Waals surface area contributed by atoms with E-state index in [4.69, 9.17) is 9.94 Å². The molecule has 15 heavy (non-hydrogen) atoms. The van der Waals surface area contributed by atoms with Gasteiger partial charge in [-0.15, -0.1) is 0 Å². The van der Waals surface area contributed by atoms with Crippen LogP contribution in [0.5, 0.6) is 5.75 Å². The number of rotatable bonds is 5. The molecular weight excluding hydrogens is 197 g/mol. The highest BCUT2D eigenvalue weighted by atomic mass is 19.1. The van der Waals surface area contributed by atoms with E-state index >= 15 is 0 Å². The fourth-order valence-corrected chi connectivity index (χ4v) is 1.43. The second-order valence-electron chi connectivity index (χ2n) is 3.82. The largest absolute Gasteiger partial charge is 0.490 e. The maximum atomic E-state index is 13.4. The molecule has 2 N–H and O–H groups in total. The van der Waals surface area contributed by atoms with Gasteiger partial charge in [0.25, 0.3) is 0 Å².